The third-order valence-corrected chi connectivity index (χ3v) is 2.99. The Labute approximate surface area is 121 Å². The van der Waals surface area contributed by atoms with Crippen molar-refractivity contribution < 1.29 is 10.0 Å². The summed E-state index contributed by atoms with van der Waals surface area (Å²) in [5, 5.41) is 14.2. The van der Waals surface area contributed by atoms with Gasteiger partial charge in [0.05, 0.1) is 0 Å². The number of nitrogens with zero attached hydrogens (tertiary/aromatic N) is 3. The molecule has 0 aliphatic carbocycles. The van der Waals surface area contributed by atoms with Crippen LogP contribution in [0.15, 0.2) is 41.9 Å². The lowest BCUT2D eigenvalue weighted by Crippen LogP contribution is -2.24. The van der Waals surface area contributed by atoms with E-state index in [1.54, 1.807) is 18.5 Å². The maximum Gasteiger partial charge on any atom is 0.270 e. The summed E-state index contributed by atoms with van der Waals surface area (Å²) in [6.07, 6.45) is 4.79. The number of carbonyl (C=O) groups is 1. The van der Waals surface area contributed by atoms with E-state index >= 15 is 0 Å². The fourth-order valence-corrected chi connectivity index (χ4v) is 1.69. The van der Waals surface area contributed by atoms with Crippen LogP contribution in [-0.4, -0.2) is 26.9 Å². The van der Waals surface area contributed by atoms with Gasteiger partial charge in [0.25, 0.3) is 5.91 Å². The minimum Gasteiger partial charge on any atom is -0.409 e. The Bertz CT molecular complexity index is 667. The fraction of sp³-hybridized carbons (Fsp3) is 0.143. The lowest BCUT2D eigenvalue weighted by molar-refractivity contribution is 0.0946. The molecule has 0 saturated heterocycles. The van der Waals surface area contributed by atoms with Crippen LogP contribution in [-0.2, 0) is 6.54 Å². The molecule has 0 unspecified atom stereocenters. The Kier molecular flexibility index (Phi) is 4.45. The monoisotopic (exact) mass is 285 g/mol. The van der Waals surface area contributed by atoms with E-state index in [0.29, 0.717) is 12.1 Å². The van der Waals surface area contributed by atoms with Gasteiger partial charge in [0.1, 0.15) is 5.69 Å². The normalized spacial score (nSPS) is 11.2. The molecule has 7 heteroatoms. The maximum atomic E-state index is 12.0. The molecule has 4 N–H and O–H groups in total. The highest BCUT2D eigenvalue weighted by molar-refractivity contribution is 5.98. The molecule has 2 rings (SSSR count). The smallest absolute Gasteiger partial charge is 0.270 e. The summed E-state index contributed by atoms with van der Waals surface area (Å²) in [4.78, 5) is 20.0. The number of oxime groups is 1. The first-order chi connectivity index (χ1) is 10.1. The number of hydrogen-bond donors (Lipinski definition) is 3. The molecule has 0 saturated carbocycles. The van der Waals surface area contributed by atoms with Gasteiger partial charge in [-0.3, -0.25) is 14.8 Å². The molecule has 0 aromatic carbocycles. The predicted octanol–water partition coefficient (Wildman–Crippen LogP) is 0.810. The summed E-state index contributed by atoms with van der Waals surface area (Å²) in [7, 11) is 0. The maximum absolute atomic E-state index is 12.0. The first-order valence-electron chi connectivity index (χ1n) is 6.23. The third kappa shape index (κ3) is 3.53. The van der Waals surface area contributed by atoms with Crippen LogP contribution in [0.3, 0.4) is 0 Å². The van der Waals surface area contributed by atoms with Gasteiger partial charge in [-0.15, -0.1) is 0 Å². The minimum atomic E-state index is -0.302. The summed E-state index contributed by atoms with van der Waals surface area (Å²) in [6.45, 7) is 2.33. The average Bonchev–Trinajstić information content (AvgIpc) is 2.53. The van der Waals surface area contributed by atoms with Gasteiger partial charge in [0.15, 0.2) is 5.84 Å². The molecule has 7 nitrogen and oxygen atoms in total. The van der Waals surface area contributed by atoms with E-state index < -0.39 is 0 Å². The quantitative estimate of drug-likeness (QED) is 0.333. The van der Waals surface area contributed by atoms with Crippen molar-refractivity contribution >= 4 is 11.7 Å². The van der Waals surface area contributed by atoms with Crippen LogP contribution in [0.2, 0.25) is 0 Å². The van der Waals surface area contributed by atoms with Crippen LogP contribution in [0.4, 0.5) is 0 Å². The van der Waals surface area contributed by atoms with Crippen LogP contribution in [0.5, 0.6) is 0 Å². The summed E-state index contributed by atoms with van der Waals surface area (Å²) in [6, 6.07) is 4.95. The number of rotatable bonds is 4. The summed E-state index contributed by atoms with van der Waals surface area (Å²) in [5.41, 5.74) is 8.12. The van der Waals surface area contributed by atoms with Crippen LogP contribution >= 0.6 is 0 Å². The molecule has 0 aliphatic heterocycles. The number of nitrogens with one attached hydrogen (secondary N) is 1. The lowest BCUT2D eigenvalue weighted by Gasteiger charge is -2.07. The number of carbonyl (C=O) groups excluding carboxylic acids is 1. The number of amides is 1. The molecule has 0 radical (unpaired) electrons. The predicted molar refractivity (Wildman–Crippen MR) is 76.9 cm³/mol. The molecular weight excluding hydrogens is 270 g/mol. The number of aryl methyl sites for hydroxylation is 1. The summed E-state index contributed by atoms with van der Waals surface area (Å²) in [5.74, 6) is -0.357. The second-order valence-electron chi connectivity index (χ2n) is 4.40. The zero-order valence-electron chi connectivity index (χ0n) is 11.4. The number of aromatic nitrogens is 2. The molecular formula is C14H15N5O2. The molecule has 2 aromatic heterocycles. The Morgan fingerprint density at radius 1 is 1.38 bits per heavy atom. The van der Waals surface area contributed by atoms with Crippen molar-refractivity contribution in [3.63, 3.8) is 0 Å². The second kappa shape index (κ2) is 6.47. The van der Waals surface area contributed by atoms with Crippen molar-refractivity contribution in [3.05, 3.63) is 59.2 Å². The summed E-state index contributed by atoms with van der Waals surface area (Å²) >= 11 is 0. The van der Waals surface area contributed by atoms with Crippen LogP contribution in [0, 0.1) is 6.92 Å². The lowest BCUT2D eigenvalue weighted by atomic mass is 10.1. The van der Waals surface area contributed by atoms with Crippen LogP contribution in [0.25, 0.3) is 0 Å². The van der Waals surface area contributed by atoms with Crippen molar-refractivity contribution in [3.8, 4) is 0 Å². The molecule has 2 aromatic rings. The topological polar surface area (TPSA) is 113 Å². The van der Waals surface area contributed by atoms with Crippen molar-refractivity contribution in [1.29, 1.82) is 0 Å². The number of pyridine rings is 2. The van der Waals surface area contributed by atoms with E-state index in [-0.39, 0.29) is 17.4 Å². The largest absolute Gasteiger partial charge is 0.409 e. The van der Waals surface area contributed by atoms with E-state index in [1.807, 2.05) is 13.0 Å². The zero-order valence-corrected chi connectivity index (χ0v) is 11.4. The average molecular weight is 285 g/mol. The van der Waals surface area contributed by atoms with Gasteiger partial charge in [0, 0.05) is 30.7 Å². The molecule has 2 heterocycles. The Morgan fingerprint density at radius 3 is 2.81 bits per heavy atom. The highest BCUT2D eigenvalue weighted by atomic mass is 16.4. The van der Waals surface area contributed by atoms with Crippen LogP contribution < -0.4 is 11.1 Å². The standard InChI is InChI=1S/C14H15N5O2/c1-9-4-5-16-6-11(9)8-18-14(20)12-3-2-10(7-17-12)13(15)19-21/h2-7,21H,8H2,1H3,(H2,15,19)(H,18,20). The molecule has 21 heavy (non-hydrogen) atoms. The molecule has 0 aliphatic rings. The highest BCUT2D eigenvalue weighted by Gasteiger charge is 2.08. The van der Waals surface area contributed by atoms with E-state index in [0.717, 1.165) is 11.1 Å². The SMILES string of the molecule is Cc1ccncc1CNC(=O)c1ccc(/C(N)=N/O)cn1. The Morgan fingerprint density at radius 2 is 2.19 bits per heavy atom. The number of hydrogen-bond acceptors (Lipinski definition) is 5. The van der Waals surface area contributed by atoms with Gasteiger partial charge in [-0.2, -0.15) is 0 Å². The van der Waals surface area contributed by atoms with Crippen molar-refractivity contribution in [2.45, 2.75) is 13.5 Å². The minimum absolute atomic E-state index is 0.0551. The van der Waals surface area contributed by atoms with Gasteiger partial charge in [0.2, 0.25) is 0 Å². The summed E-state index contributed by atoms with van der Waals surface area (Å²) < 4.78 is 0. The Hall–Kier alpha value is -2.96. The number of amidine groups is 1. The molecule has 1 amide bonds. The zero-order chi connectivity index (χ0) is 15.2. The molecule has 0 atom stereocenters. The first kappa shape index (κ1) is 14.4. The van der Waals surface area contributed by atoms with Crippen LogP contribution in [0.1, 0.15) is 27.2 Å². The van der Waals surface area contributed by atoms with Gasteiger partial charge >= 0.3 is 0 Å². The molecule has 0 spiro atoms. The molecule has 108 valence electrons. The van der Waals surface area contributed by atoms with Gasteiger partial charge in [-0.1, -0.05) is 5.16 Å². The number of nitrogens with two attached hydrogens (primary N) is 1. The van der Waals surface area contributed by atoms with E-state index in [4.69, 9.17) is 10.9 Å². The van der Waals surface area contributed by atoms with Crippen molar-refractivity contribution in [2.75, 3.05) is 0 Å². The van der Waals surface area contributed by atoms with E-state index in [1.165, 1.54) is 12.3 Å². The first-order valence-corrected chi connectivity index (χ1v) is 6.23. The Balaban J connectivity index is 2.02. The van der Waals surface area contributed by atoms with Gasteiger partial charge in [-0.25, -0.2) is 0 Å². The second-order valence-corrected chi connectivity index (χ2v) is 4.40. The highest BCUT2D eigenvalue weighted by Crippen LogP contribution is 2.05. The third-order valence-electron chi connectivity index (χ3n) is 2.99. The van der Waals surface area contributed by atoms with Gasteiger partial charge < -0.3 is 16.3 Å². The van der Waals surface area contributed by atoms with E-state index in [9.17, 15) is 4.79 Å². The molecule has 0 bridgehead atoms. The van der Waals surface area contributed by atoms with E-state index in [2.05, 4.69) is 20.4 Å². The van der Waals surface area contributed by atoms with Crippen molar-refractivity contribution in [1.82, 2.24) is 15.3 Å². The van der Waals surface area contributed by atoms with Crippen molar-refractivity contribution in [2.24, 2.45) is 10.9 Å². The molecule has 0 fully saturated rings. The van der Waals surface area contributed by atoms with Gasteiger partial charge in [-0.05, 0) is 36.2 Å². The fourth-order valence-electron chi connectivity index (χ4n) is 1.69.